The highest BCUT2D eigenvalue weighted by Crippen LogP contribution is 2.34. The molecule has 2 aromatic rings. The van der Waals surface area contributed by atoms with Crippen molar-refractivity contribution in [2.75, 3.05) is 33.9 Å². The summed E-state index contributed by atoms with van der Waals surface area (Å²) < 4.78 is 38.9. The zero-order valence-corrected chi connectivity index (χ0v) is 16.9. The van der Waals surface area contributed by atoms with Crippen LogP contribution in [0, 0.1) is 0 Å². The summed E-state index contributed by atoms with van der Waals surface area (Å²) in [6, 6.07) is 16.9. The molecule has 0 spiro atoms. The van der Waals surface area contributed by atoms with Gasteiger partial charge >= 0.3 is 0 Å². The molecule has 0 aliphatic carbocycles. The second-order valence-electron chi connectivity index (χ2n) is 6.60. The molecule has 1 N–H and O–H groups in total. The summed E-state index contributed by atoms with van der Waals surface area (Å²) in [5, 5.41) is 0.870. The van der Waals surface area contributed by atoms with Crippen LogP contribution in [0.4, 0.5) is 0 Å². The van der Waals surface area contributed by atoms with Crippen molar-refractivity contribution in [2.24, 2.45) is 0 Å². The monoisotopic (exact) mass is 406 g/mol. The first-order valence-corrected chi connectivity index (χ1v) is 10.7. The van der Waals surface area contributed by atoms with Gasteiger partial charge in [-0.25, -0.2) is 13.1 Å². The van der Waals surface area contributed by atoms with Crippen LogP contribution < -0.4 is 9.46 Å². The first-order valence-electron chi connectivity index (χ1n) is 9.11. The number of ether oxygens (including phenoxy) is 2. The molecular weight excluding hydrogens is 380 g/mol. The third-order valence-electron chi connectivity index (χ3n) is 4.64. The van der Waals surface area contributed by atoms with Crippen LogP contribution in [0.2, 0.25) is 0 Å². The second-order valence-corrected chi connectivity index (χ2v) is 8.59. The minimum atomic E-state index is -3.57. The molecule has 28 heavy (non-hydrogen) atoms. The normalized spacial score (nSPS) is 20.4. The van der Waals surface area contributed by atoms with E-state index in [0.717, 1.165) is 11.1 Å². The topological polar surface area (TPSA) is 77.1 Å². The summed E-state index contributed by atoms with van der Waals surface area (Å²) in [6.45, 7) is 1.09. The fraction of sp³-hybridized carbons (Fsp3) is 0.400. The Morgan fingerprint density at radius 3 is 2.71 bits per heavy atom. The van der Waals surface area contributed by atoms with Gasteiger partial charge < -0.3 is 9.47 Å². The third kappa shape index (κ3) is 5.09. The van der Waals surface area contributed by atoms with Gasteiger partial charge in [-0.3, -0.25) is 4.84 Å². The Bertz CT molecular complexity index is 860. The van der Waals surface area contributed by atoms with Crippen molar-refractivity contribution in [3.63, 3.8) is 0 Å². The molecule has 152 valence electrons. The lowest BCUT2D eigenvalue weighted by molar-refractivity contribution is -0.110. The molecule has 1 heterocycles. The van der Waals surface area contributed by atoms with Gasteiger partial charge in [-0.2, -0.15) is 5.06 Å². The minimum absolute atomic E-state index is 0.0958. The van der Waals surface area contributed by atoms with E-state index < -0.39 is 21.3 Å². The highest BCUT2D eigenvalue weighted by atomic mass is 32.2. The van der Waals surface area contributed by atoms with E-state index >= 15 is 0 Å². The Morgan fingerprint density at radius 1 is 1.18 bits per heavy atom. The van der Waals surface area contributed by atoms with Gasteiger partial charge in [0.05, 0.1) is 19.3 Å². The fourth-order valence-electron chi connectivity index (χ4n) is 3.20. The summed E-state index contributed by atoms with van der Waals surface area (Å²) in [5.74, 6) is 0.685. The zero-order valence-electron chi connectivity index (χ0n) is 16.1. The number of nitrogens with one attached hydrogen (secondary N) is 1. The first-order chi connectivity index (χ1) is 13.5. The standard InChI is InChI=1S/C20H26N2O5S/c1-22-20(19(15-27-22)28(23,24)21-11-12-25-2)17-9-6-10-18(13-17)26-14-16-7-4-3-5-8-16/h3-10,13,19-21H,11-12,14-15H2,1-2H3/t19-,20-/m0/s1. The van der Waals surface area contributed by atoms with E-state index in [0.29, 0.717) is 19.0 Å². The van der Waals surface area contributed by atoms with Gasteiger partial charge in [0.25, 0.3) is 0 Å². The SMILES string of the molecule is COCCNS(=O)(=O)[C@H]1CON(C)[C@H]1c1cccc(OCc2ccccc2)c1. The molecule has 1 aliphatic heterocycles. The number of nitrogens with zero attached hydrogens (tertiary/aromatic N) is 1. The minimum Gasteiger partial charge on any atom is -0.489 e. The number of benzene rings is 2. The number of methoxy groups -OCH3 is 1. The van der Waals surface area contributed by atoms with Crippen molar-refractivity contribution in [3.05, 3.63) is 65.7 Å². The summed E-state index contributed by atoms with van der Waals surface area (Å²) in [7, 11) is -0.293. The number of hydroxylamine groups is 2. The molecule has 7 nitrogen and oxygen atoms in total. The number of sulfonamides is 1. The fourth-order valence-corrected chi connectivity index (χ4v) is 4.69. The molecule has 2 aromatic carbocycles. The van der Waals surface area contributed by atoms with E-state index in [1.165, 1.54) is 7.11 Å². The summed E-state index contributed by atoms with van der Waals surface area (Å²) >= 11 is 0. The molecule has 0 amide bonds. The molecule has 3 rings (SSSR count). The van der Waals surface area contributed by atoms with Crippen LogP contribution in [0.15, 0.2) is 54.6 Å². The molecule has 1 fully saturated rings. The maximum absolute atomic E-state index is 12.7. The Hall–Kier alpha value is -1.97. The van der Waals surface area contributed by atoms with Gasteiger partial charge in [0.1, 0.15) is 17.6 Å². The van der Waals surface area contributed by atoms with Gasteiger partial charge in [0, 0.05) is 20.7 Å². The summed E-state index contributed by atoms with van der Waals surface area (Å²) in [5.41, 5.74) is 1.89. The molecular formula is C20H26N2O5S. The van der Waals surface area contributed by atoms with Crippen LogP contribution in [-0.2, 0) is 26.2 Å². The molecule has 8 heteroatoms. The smallest absolute Gasteiger partial charge is 0.218 e. The van der Waals surface area contributed by atoms with E-state index in [1.807, 2.05) is 54.6 Å². The van der Waals surface area contributed by atoms with Crippen molar-refractivity contribution in [1.29, 1.82) is 0 Å². The molecule has 1 aliphatic rings. The molecule has 0 unspecified atom stereocenters. The van der Waals surface area contributed by atoms with Crippen molar-refractivity contribution in [3.8, 4) is 5.75 Å². The lowest BCUT2D eigenvalue weighted by Gasteiger charge is -2.23. The third-order valence-corrected chi connectivity index (χ3v) is 6.44. The van der Waals surface area contributed by atoms with Crippen LogP contribution in [0.3, 0.4) is 0 Å². The van der Waals surface area contributed by atoms with Crippen molar-refractivity contribution in [1.82, 2.24) is 9.79 Å². The predicted octanol–water partition coefficient (Wildman–Crippen LogP) is 2.12. The second kappa shape index (κ2) is 9.49. The molecule has 1 saturated heterocycles. The van der Waals surface area contributed by atoms with Gasteiger partial charge in [0.15, 0.2) is 0 Å². The van der Waals surface area contributed by atoms with Gasteiger partial charge in [0.2, 0.25) is 10.0 Å². The van der Waals surface area contributed by atoms with Crippen molar-refractivity contribution < 1.29 is 22.7 Å². The quantitative estimate of drug-likeness (QED) is 0.643. The molecule has 2 atom stereocenters. The highest BCUT2D eigenvalue weighted by Gasteiger charge is 2.43. The summed E-state index contributed by atoms with van der Waals surface area (Å²) in [4.78, 5) is 5.54. The van der Waals surface area contributed by atoms with Crippen LogP contribution in [0.25, 0.3) is 0 Å². The predicted molar refractivity (Wildman–Crippen MR) is 106 cm³/mol. The van der Waals surface area contributed by atoms with Gasteiger partial charge in [-0.15, -0.1) is 0 Å². The van der Waals surface area contributed by atoms with Gasteiger partial charge in [-0.05, 0) is 23.3 Å². The average Bonchev–Trinajstić information content (AvgIpc) is 3.10. The van der Waals surface area contributed by atoms with E-state index in [-0.39, 0.29) is 13.2 Å². The zero-order chi connectivity index (χ0) is 20.0. The highest BCUT2D eigenvalue weighted by molar-refractivity contribution is 7.90. The molecule has 0 radical (unpaired) electrons. The Labute approximate surface area is 166 Å². The van der Waals surface area contributed by atoms with Crippen molar-refractivity contribution in [2.45, 2.75) is 17.9 Å². The Kier molecular flexibility index (Phi) is 7.03. The van der Waals surface area contributed by atoms with Crippen LogP contribution in [0.5, 0.6) is 5.75 Å². The van der Waals surface area contributed by atoms with E-state index in [2.05, 4.69) is 4.72 Å². The Balaban J connectivity index is 1.75. The van der Waals surface area contributed by atoms with Crippen LogP contribution >= 0.6 is 0 Å². The maximum atomic E-state index is 12.7. The van der Waals surface area contributed by atoms with Gasteiger partial charge in [-0.1, -0.05) is 42.5 Å². The summed E-state index contributed by atoms with van der Waals surface area (Å²) in [6.07, 6.45) is 0. The number of rotatable bonds is 9. The molecule has 0 bridgehead atoms. The number of hydrogen-bond acceptors (Lipinski definition) is 6. The van der Waals surface area contributed by atoms with Crippen LogP contribution in [0.1, 0.15) is 17.2 Å². The van der Waals surface area contributed by atoms with Crippen LogP contribution in [-0.4, -0.2) is 52.6 Å². The maximum Gasteiger partial charge on any atom is 0.218 e. The Morgan fingerprint density at radius 2 is 1.96 bits per heavy atom. The van der Waals surface area contributed by atoms with Crippen molar-refractivity contribution >= 4 is 10.0 Å². The largest absolute Gasteiger partial charge is 0.489 e. The number of hydrogen-bond donors (Lipinski definition) is 1. The lowest BCUT2D eigenvalue weighted by Crippen LogP contribution is -2.40. The van der Waals surface area contributed by atoms with E-state index in [4.69, 9.17) is 14.3 Å². The average molecular weight is 407 g/mol. The molecule has 0 aromatic heterocycles. The lowest BCUT2D eigenvalue weighted by atomic mass is 10.0. The first kappa shape index (κ1) is 20.8. The van der Waals surface area contributed by atoms with E-state index in [1.54, 1.807) is 12.1 Å². The van der Waals surface area contributed by atoms with E-state index in [9.17, 15) is 8.42 Å². The molecule has 0 saturated carbocycles.